The van der Waals surface area contributed by atoms with Gasteiger partial charge in [0.05, 0.1) is 6.54 Å². The Morgan fingerprint density at radius 3 is 2.45 bits per heavy atom. The zero-order valence-corrected chi connectivity index (χ0v) is 18.9. The SMILES string of the molecule is Cn1c(=O)c2c(nc(N3CCN(C(=O)[C@@H]4CCCO4)CC3)n2Cc2ccccc2)n(C)c1=O. The number of nitrogens with zero attached hydrogens (tertiary/aromatic N) is 6. The van der Waals surface area contributed by atoms with Crippen LogP contribution < -0.4 is 16.1 Å². The van der Waals surface area contributed by atoms with Crippen molar-refractivity contribution in [1.82, 2.24) is 23.6 Å². The summed E-state index contributed by atoms with van der Waals surface area (Å²) < 4.78 is 9.99. The second-order valence-electron chi connectivity index (χ2n) is 8.68. The summed E-state index contributed by atoms with van der Waals surface area (Å²) in [5, 5.41) is 0. The van der Waals surface area contributed by atoms with Gasteiger partial charge in [-0.1, -0.05) is 30.3 Å². The van der Waals surface area contributed by atoms with Gasteiger partial charge in [-0.15, -0.1) is 0 Å². The van der Waals surface area contributed by atoms with E-state index in [2.05, 4.69) is 4.90 Å². The molecular formula is C23H28N6O4. The molecule has 174 valence electrons. The molecular weight excluding hydrogens is 424 g/mol. The van der Waals surface area contributed by atoms with E-state index in [-0.39, 0.29) is 17.6 Å². The number of anilines is 1. The number of hydrogen-bond acceptors (Lipinski definition) is 6. The van der Waals surface area contributed by atoms with Crippen LogP contribution in [0.3, 0.4) is 0 Å². The molecule has 0 bridgehead atoms. The third-order valence-corrected chi connectivity index (χ3v) is 6.59. The number of benzene rings is 1. The number of aromatic nitrogens is 4. The molecule has 33 heavy (non-hydrogen) atoms. The Morgan fingerprint density at radius 2 is 1.79 bits per heavy atom. The van der Waals surface area contributed by atoms with Gasteiger partial charge in [-0.05, 0) is 18.4 Å². The minimum Gasteiger partial charge on any atom is -0.368 e. The number of ether oxygens (including phenoxy) is 1. The van der Waals surface area contributed by atoms with Crippen molar-refractivity contribution in [1.29, 1.82) is 0 Å². The zero-order valence-electron chi connectivity index (χ0n) is 18.9. The smallest absolute Gasteiger partial charge is 0.332 e. The summed E-state index contributed by atoms with van der Waals surface area (Å²) in [6.45, 7) is 3.40. The molecule has 2 aliphatic heterocycles. The Labute approximate surface area is 190 Å². The van der Waals surface area contributed by atoms with Crippen LogP contribution in [0, 0.1) is 0 Å². The second-order valence-corrected chi connectivity index (χ2v) is 8.68. The predicted molar refractivity (Wildman–Crippen MR) is 124 cm³/mol. The van der Waals surface area contributed by atoms with Gasteiger partial charge < -0.3 is 14.5 Å². The lowest BCUT2D eigenvalue weighted by atomic mass is 10.2. The molecule has 2 aromatic heterocycles. The van der Waals surface area contributed by atoms with E-state index in [1.54, 1.807) is 7.05 Å². The molecule has 2 saturated heterocycles. The molecule has 5 rings (SSSR count). The maximum absolute atomic E-state index is 13.1. The number of fused-ring (bicyclic) bond motifs is 1. The zero-order chi connectivity index (χ0) is 23.1. The summed E-state index contributed by atoms with van der Waals surface area (Å²) in [6, 6.07) is 9.86. The molecule has 2 fully saturated rings. The first-order valence-electron chi connectivity index (χ1n) is 11.3. The first-order chi connectivity index (χ1) is 16.0. The first-order valence-corrected chi connectivity index (χ1v) is 11.3. The fraction of sp³-hybridized carbons (Fsp3) is 0.478. The van der Waals surface area contributed by atoms with E-state index in [4.69, 9.17) is 9.72 Å². The molecule has 0 saturated carbocycles. The van der Waals surface area contributed by atoms with Crippen LogP contribution in [-0.2, 0) is 30.2 Å². The van der Waals surface area contributed by atoms with Crippen molar-refractivity contribution < 1.29 is 9.53 Å². The molecule has 0 unspecified atom stereocenters. The summed E-state index contributed by atoms with van der Waals surface area (Å²) in [5.74, 6) is 0.692. The van der Waals surface area contributed by atoms with E-state index in [1.165, 1.54) is 11.6 Å². The molecule has 1 aromatic carbocycles. The minimum absolute atomic E-state index is 0.0567. The molecule has 10 nitrogen and oxygen atoms in total. The average Bonchev–Trinajstić information content (AvgIpc) is 3.51. The number of rotatable bonds is 4. The Kier molecular flexibility index (Phi) is 5.53. The van der Waals surface area contributed by atoms with Gasteiger partial charge in [-0.3, -0.25) is 23.3 Å². The van der Waals surface area contributed by atoms with E-state index in [0.717, 1.165) is 23.0 Å². The van der Waals surface area contributed by atoms with E-state index in [0.29, 0.717) is 56.4 Å². The molecule has 0 N–H and O–H groups in total. The summed E-state index contributed by atoms with van der Waals surface area (Å²) >= 11 is 0. The van der Waals surface area contributed by atoms with Crippen molar-refractivity contribution in [3.05, 3.63) is 56.7 Å². The van der Waals surface area contributed by atoms with E-state index in [9.17, 15) is 14.4 Å². The summed E-state index contributed by atoms with van der Waals surface area (Å²) in [5.41, 5.74) is 1.02. The van der Waals surface area contributed by atoms with Crippen LogP contribution in [0.4, 0.5) is 5.95 Å². The molecule has 0 spiro atoms. The van der Waals surface area contributed by atoms with Crippen LogP contribution in [0.25, 0.3) is 11.2 Å². The maximum atomic E-state index is 13.1. The number of hydrogen-bond donors (Lipinski definition) is 0. The van der Waals surface area contributed by atoms with E-state index < -0.39 is 5.69 Å². The Hall–Kier alpha value is -3.40. The van der Waals surface area contributed by atoms with Crippen LogP contribution in [0.5, 0.6) is 0 Å². The number of aryl methyl sites for hydroxylation is 1. The highest BCUT2D eigenvalue weighted by Crippen LogP contribution is 2.23. The van der Waals surface area contributed by atoms with Gasteiger partial charge >= 0.3 is 5.69 Å². The lowest BCUT2D eigenvalue weighted by molar-refractivity contribution is -0.141. The van der Waals surface area contributed by atoms with Gasteiger partial charge in [0.15, 0.2) is 11.2 Å². The molecule has 0 radical (unpaired) electrons. The van der Waals surface area contributed by atoms with Crippen LogP contribution in [0.15, 0.2) is 39.9 Å². The van der Waals surface area contributed by atoms with Crippen molar-refractivity contribution >= 4 is 23.0 Å². The van der Waals surface area contributed by atoms with Gasteiger partial charge in [0.25, 0.3) is 11.5 Å². The molecule has 10 heteroatoms. The minimum atomic E-state index is -0.407. The van der Waals surface area contributed by atoms with Gasteiger partial charge in [0, 0.05) is 46.9 Å². The molecule has 4 heterocycles. The normalized spacial score (nSPS) is 18.9. The first kappa shape index (κ1) is 21.4. The monoisotopic (exact) mass is 452 g/mol. The van der Waals surface area contributed by atoms with E-state index in [1.807, 2.05) is 39.8 Å². The number of carbonyl (C=O) groups is 1. The number of carbonyl (C=O) groups excluding carboxylic acids is 1. The second kappa shape index (κ2) is 8.51. The Bertz CT molecular complexity index is 1290. The topological polar surface area (TPSA) is 94.6 Å². The highest BCUT2D eigenvalue weighted by Gasteiger charge is 2.32. The van der Waals surface area contributed by atoms with Crippen LogP contribution >= 0.6 is 0 Å². The Morgan fingerprint density at radius 1 is 1.06 bits per heavy atom. The van der Waals surface area contributed by atoms with Crippen molar-refractivity contribution in [2.45, 2.75) is 25.5 Å². The van der Waals surface area contributed by atoms with E-state index >= 15 is 0 Å². The lowest BCUT2D eigenvalue weighted by Gasteiger charge is -2.36. The maximum Gasteiger partial charge on any atom is 0.332 e. The standard InChI is InChI=1S/C23H28N6O4/c1-25-19-18(21(31)26(2)23(25)32)29(15-16-7-4-3-5-8-16)22(24-19)28-12-10-27(11-13-28)20(30)17-9-6-14-33-17/h3-5,7-8,17H,6,9-15H2,1-2H3/t17-/m0/s1. The third-order valence-electron chi connectivity index (χ3n) is 6.59. The molecule has 3 aromatic rings. The Balaban J connectivity index is 1.51. The summed E-state index contributed by atoms with van der Waals surface area (Å²) in [7, 11) is 3.12. The van der Waals surface area contributed by atoms with Gasteiger partial charge in [-0.2, -0.15) is 4.98 Å². The predicted octanol–water partition coefficient (Wildman–Crippen LogP) is 0.310. The molecule has 1 atom stereocenters. The quantitative estimate of drug-likeness (QED) is 0.566. The highest BCUT2D eigenvalue weighted by atomic mass is 16.5. The lowest BCUT2D eigenvalue weighted by Crippen LogP contribution is -2.52. The molecule has 1 amide bonds. The van der Waals surface area contributed by atoms with Crippen molar-refractivity contribution in [3.63, 3.8) is 0 Å². The molecule has 2 aliphatic rings. The number of imidazole rings is 1. The summed E-state index contributed by atoms with van der Waals surface area (Å²) in [6.07, 6.45) is 1.38. The highest BCUT2D eigenvalue weighted by molar-refractivity contribution is 5.81. The van der Waals surface area contributed by atoms with Crippen LogP contribution in [0.1, 0.15) is 18.4 Å². The number of piperazine rings is 1. The van der Waals surface area contributed by atoms with Crippen molar-refractivity contribution in [2.75, 3.05) is 37.7 Å². The average molecular weight is 453 g/mol. The number of amides is 1. The largest absolute Gasteiger partial charge is 0.368 e. The van der Waals surface area contributed by atoms with Gasteiger partial charge in [-0.25, -0.2) is 4.79 Å². The molecule has 0 aliphatic carbocycles. The fourth-order valence-electron chi connectivity index (χ4n) is 4.70. The van der Waals surface area contributed by atoms with Gasteiger partial charge in [0.1, 0.15) is 6.10 Å². The van der Waals surface area contributed by atoms with Crippen molar-refractivity contribution in [3.8, 4) is 0 Å². The fourth-order valence-corrected chi connectivity index (χ4v) is 4.70. The third kappa shape index (κ3) is 3.74. The van der Waals surface area contributed by atoms with Crippen LogP contribution in [0.2, 0.25) is 0 Å². The van der Waals surface area contributed by atoms with Crippen molar-refractivity contribution in [2.24, 2.45) is 14.1 Å². The van der Waals surface area contributed by atoms with Crippen LogP contribution in [-0.4, -0.2) is 68.4 Å². The summed E-state index contributed by atoms with van der Waals surface area (Å²) in [4.78, 5) is 47.0. The van der Waals surface area contributed by atoms with Gasteiger partial charge in [0.2, 0.25) is 5.95 Å².